The lowest BCUT2D eigenvalue weighted by Crippen LogP contribution is -2.35. The third-order valence-electron chi connectivity index (χ3n) is 8.29. The van der Waals surface area contributed by atoms with Crippen LogP contribution in [0, 0.1) is 0 Å². The van der Waals surface area contributed by atoms with Crippen LogP contribution in [-0.2, 0) is 5.41 Å². The molecule has 0 spiro atoms. The minimum atomic E-state index is -0.200. The van der Waals surface area contributed by atoms with Crippen LogP contribution >= 0.6 is 0 Å². The number of hydrogen-bond acceptors (Lipinski definition) is 1. The first-order chi connectivity index (χ1) is 17.8. The van der Waals surface area contributed by atoms with Crippen LogP contribution in [0.25, 0.3) is 21.9 Å². The Bertz CT molecular complexity index is 1420. The van der Waals surface area contributed by atoms with Gasteiger partial charge in [0.25, 0.3) is 0 Å². The third kappa shape index (κ3) is 3.27. The molecule has 5 aromatic carbocycles. The number of rotatable bonds is 6. The van der Waals surface area contributed by atoms with E-state index in [1.165, 1.54) is 49.7 Å². The molecule has 5 aromatic rings. The molecule has 0 aromatic heterocycles. The van der Waals surface area contributed by atoms with Crippen molar-refractivity contribution in [1.29, 1.82) is 0 Å². The Morgan fingerprint density at radius 1 is 0.500 bits per heavy atom. The average Bonchev–Trinajstić information content (AvgIpc) is 3.50. The summed E-state index contributed by atoms with van der Waals surface area (Å²) < 4.78 is 0. The summed E-state index contributed by atoms with van der Waals surface area (Å²) in [6.07, 6.45) is 1.03. The Labute approximate surface area is 213 Å². The van der Waals surface area contributed by atoms with E-state index in [2.05, 4.69) is 132 Å². The molecule has 0 unspecified atom stereocenters. The molecule has 0 fully saturated rings. The highest BCUT2D eigenvalue weighted by molar-refractivity contribution is 6.15. The van der Waals surface area contributed by atoms with Crippen molar-refractivity contribution in [3.63, 3.8) is 0 Å². The number of benzene rings is 5. The lowest BCUT2D eigenvalue weighted by molar-refractivity contribution is 0.326. The van der Waals surface area contributed by atoms with Gasteiger partial charge in [0.1, 0.15) is 0 Å². The van der Waals surface area contributed by atoms with Crippen molar-refractivity contribution in [2.75, 3.05) is 19.6 Å². The zero-order chi connectivity index (χ0) is 24.0. The van der Waals surface area contributed by atoms with E-state index in [0.29, 0.717) is 0 Å². The smallest absolute Gasteiger partial charge is 0.0463 e. The van der Waals surface area contributed by atoms with Gasteiger partial charge in [0.15, 0.2) is 0 Å². The minimum absolute atomic E-state index is 0.200. The summed E-state index contributed by atoms with van der Waals surface area (Å²) in [7, 11) is 0. The number of hydrogen-bond donors (Lipinski definition) is 0. The maximum Gasteiger partial charge on any atom is 0.0463 e. The van der Waals surface area contributed by atoms with Crippen molar-refractivity contribution in [2.45, 2.75) is 11.8 Å². The van der Waals surface area contributed by atoms with E-state index >= 15 is 0 Å². The first kappa shape index (κ1) is 21.4. The van der Waals surface area contributed by atoms with E-state index in [-0.39, 0.29) is 5.41 Å². The van der Waals surface area contributed by atoms with Crippen LogP contribution in [0.4, 0.5) is 0 Å². The molecule has 1 aliphatic heterocycles. The van der Waals surface area contributed by atoms with Crippen LogP contribution in [0.2, 0.25) is 0 Å². The topological polar surface area (TPSA) is 3.24 Å². The molecule has 1 nitrogen and oxygen atoms in total. The molecule has 0 saturated carbocycles. The molecule has 2 aliphatic rings. The van der Waals surface area contributed by atoms with Crippen molar-refractivity contribution in [2.24, 2.45) is 0 Å². The minimum Gasteiger partial charge on any atom is -0.295 e. The molecule has 1 heteroatoms. The molecule has 0 atom stereocenters. The van der Waals surface area contributed by atoms with Gasteiger partial charge in [-0.1, -0.05) is 127 Å². The van der Waals surface area contributed by atoms with Crippen molar-refractivity contribution < 1.29 is 0 Å². The first-order valence-corrected chi connectivity index (χ1v) is 13.0. The molecule has 174 valence electrons. The second-order valence-corrected chi connectivity index (χ2v) is 10.1. The van der Waals surface area contributed by atoms with Crippen molar-refractivity contribution in [3.05, 3.63) is 155 Å². The molecule has 0 radical (unpaired) electrons. The van der Waals surface area contributed by atoms with Gasteiger partial charge >= 0.3 is 0 Å². The zero-order valence-electron chi connectivity index (χ0n) is 20.4. The van der Waals surface area contributed by atoms with Crippen LogP contribution < -0.4 is 0 Å². The van der Waals surface area contributed by atoms with Gasteiger partial charge in [-0.15, -0.1) is 0 Å². The van der Waals surface area contributed by atoms with Crippen molar-refractivity contribution in [3.8, 4) is 0 Å². The van der Waals surface area contributed by atoms with Gasteiger partial charge < -0.3 is 0 Å². The van der Waals surface area contributed by atoms with E-state index in [0.717, 1.165) is 26.1 Å². The van der Waals surface area contributed by atoms with E-state index in [1.54, 1.807) is 0 Å². The van der Waals surface area contributed by atoms with E-state index < -0.39 is 0 Å². The van der Waals surface area contributed by atoms with Gasteiger partial charge in [-0.05, 0) is 56.2 Å². The molecular formula is C35H29N. The SMILES string of the molecule is c1ccc(C(CCN2CC3=C(C2)c2cccc4cccc3c24)(c2ccccc2)c2ccccc2)cc1. The van der Waals surface area contributed by atoms with Crippen LogP contribution in [0.3, 0.4) is 0 Å². The molecular weight excluding hydrogens is 434 g/mol. The summed E-state index contributed by atoms with van der Waals surface area (Å²) in [4.78, 5) is 2.66. The first-order valence-electron chi connectivity index (χ1n) is 13.0. The molecule has 0 amide bonds. The summed E-state index contributed by atoms with van der Waals surface area (Å²) in [5, 5.41) is 2.82. The van der Waals surface area contributed by atoms with Crippen LogP contribution in [-0.4, -0.2) is 24.5 Å². The average molecular weight is 464 g/mol. The normalized spacial score (nSPS) is 15.0. The van der Waals surface area contributed by atoms with Gasteiger partial charge in [0.05, 0.1) is 0 Å². The maximum absolute atomic E-state index is 2.66. The molecule has 36 heavy (non-hydrogen) atoms. The predicted molar refractivity (Wildman–Crippen MR) is 151 cm³/mol. The second-order valence-electron chi connectivity index (χ2n) is 10.1. The highest BCUT2D eigenvalue weighted by Crippen LogP contribution is 2.47. The summed E-state index contributed by atoms with van der Waals surface area (Å²) in [6.45, 7) is 3.08. The van der Waals surface area contributed by atoms with Crippen LogP contribution in [0.15, 0.2) is 127 Å². The van der Waals surface area contributed by atoms with Gasteiger partial charge in [0.2, 0.25) is 0 Å². The molecule has 7 rings (SSSR count). The molecule has 1 heterocycles. The fraction of sp³-hybridized carbons (Fsp3) is 0.143. The summed E-state index contributed by atoms with van der Waals surface area (Å²) in [6, 6.07) is 46.8. The fourth-order valence-corrected chi connectivity index (χ4v) is 6.62. The number of nitrogens with zero attached hydrogens (tertiary/aromatic N) is 1. The summed E-state index contributed by atoms with van der Waals surface area (Å²) >= 11 is 0. The zero-order valence-corrected chi connectivity index (χ0v) is 20.4. The van der Waals surface area contributed by atoms with Crippen molar-refractivity contribution >= 4 is 21.9 Å². The Morgan fingerprint density at radius 2 is 0.944 bits per heavy atom. The fourth-order valence-electron chi connectivity index (χ4n) is 6.62. The summed E-state index contributed by atoms with van der Waals surface area (Å²) in [5.74, 6) is 0. The Balaban J connectivity index is 1.25. The lowest BCUT2D eigenvalue weighted by Gasteiger charge is -2.37. The van der Waals surface area contributed by atoms with E-state index in [1.807, 2.05) is 0 Å². The summed E-state index contributed by atoms with van der Waals surface area (Å²) in [5.41, 5.74) is 9.83. The van der Waals surface area contributed by atoms with E-state index in [9.17, 15) is 0 Å². The van der Waals surface area contributed by atoms with Gasteiger partial charge in [-0.25, -0.2) is 0 Å². The maximum atomic E-state index is 2.66. The predicted octanol–water partition coefficient (Wildman–Crippen LogP) is 7.80. The van der Waals surface area contributed by atoms with Gasteiger partial charge in [-0.3, -0.25) is 4.90 Å². The lowest BCUT2D eigenvalue weighted by atomic mass is 9.67. The molecule has 1 aliphatic carbocycles. The highest BCUT2D eigenvalue weighted by Gasteiger charge is 2.38. The molecule has 0 saturated heterocycles. The number of fused-ring (bicyclic) bond motifs is 2. The Hall–Kier alpha value is -3.94. The quantitative estimate of drug-likeness (QED) is 0.232. The van der Waals surface area contributed by atoms with Gasteiger partial charge in [-0.2, -0.15) is 0 Å². The van der Waals surface area contributed by atoms with Crippen molar-refractivity contribution in [1.82, 2.24) is 4.90 Å². The Morgan fingerprint density at radius 3 is 1.39 bits per heavy atom. The second kappa shape index (κ2) is 8.62. The van der Waals surface area contributed by atoms with Crippen LogP contribution in [0.5, 0.6) is 0 Å². The largest absolute Gasteiger partial charge is 0.295 e. The third-order valence-corrected chi connectivity index (χ3v) is 8.29. The molecule has 0 bridgehead atoms. The highest BCUT2D eigenvalue weighted by atomic mass is 15.1. The van der Waals surface area contributed by atoms with Gasteiger partial charge in [0, 0.05) is 25.0 Å². The molecule has 0 N–H and O–H groups in total. The Kier molecular flexibility index (Phi) is 5.11. The standard InChI is InChI=1S/C35H29N/c1-4-14-27(15-5-1)35(28-16-6-2-7-17-28,29-18-8-3-9-19-29)22-23-36-24-32-30-20-10-12-26-13-11-21-31(34(26)30)33(32)25-36/h1-21H,22-25H2. The monoisotopic (exact) mass is 463 g/mol. The van der Waals surface area contributed by atoms with E-state index in [4.69, 9.17) is 0 Å². The van der Waals surface area contributed by atoms with Crippen LogP contribution in [0.1, 0.15) is 34.2 Å².